The first kappa shape index (κ1) is 18.0. The van der Waals surface area contributed by atoms with Gasteiger partial charge in [-0.15, -0.1) is 10.2 Å². The molecule has 3 aromatic rings. The number of methoxy groups -OCH3 is 2. The van der Waals surface area contributed by atoms with E-state index in [2.05, 4.69) is 20.8 Å². The third-order valence-corrected chi connectivity index (χ3v) is 4.52. The van der Waals surface area contributed by atoms with Gasteiger partial charge in [-0.25, -0.2) is 4.79 Å². The second-order valence-electron chi connectivity index (χ2n) is 5.07. The second-order valence-corrected chi connectivity index (χ2v) is 6.48. The van der Waals surface area contributed by atoms with Gasteiger partial charge in [0.15, 0.2) is 11.5 Å². The summed E-state index contributed by atoms with van der Waals surface area (Å²) >= 11 is 7.07. The number of carbonyl (C=O) groups excluding carboxylic acids is 1. The largest absolute Gasteiger partial charge is 0.493 e. The highest BCUT2D eigenvalue weighted by Crippen LogP contribution is 2.34. The Kier molecular flexibility index (Phi) is 5.55. The lowest BCUT2D eigenvalue weighted by Crippen LogP contribution is -2.19. The van der Waals surface area contributed by atoms with E-state index in [9.17, 15) is 4.79 Å². The van der Waals surface area contributed by atoms with E-state index in [1.165, 1.54) is 11.3 Å². The first-order valence-corrected chi connectivity index (χ1v) is 8.68. The van der Waals surface area contributed by atoms with Gasteiger partial charge in [0.05, 0.1) is 14.2 Å². The number of nitrogens with zero attached hydrogens (tertiary/aromatic N) is 2. The summed E-state index contributed by atoms with van der Waals surface area (Å²) in [5.74, 6) is 1.22. The highest BCUT2D eigenvalue weighted by molar-refractivity contribution is 7.18. The molecule has 0 saturated carbocycles. The molecular formula is C17H15ClN4O3S. The van der Waals surface area contributed by atoms with Crippen LogP contribution < -0.4 is 20.1 Å². The van der Waals surface area contributed by atoms with E-state index >= 15 is 0 Å². The molecule has 2 N–H and O–H groups in total. The number of urea groups is 1. The van der Waals surface area contributed by atoms with E-state index in [1.54, 1.807) is 50.6 Å². The molecule has 2 aromatic carbocycles. The van der Waals surface area contributed by atoms with Crippen LogP contribution in [0.5, 0.6) is 11.5 Å². The van der Waals surface area contributed by atoms with Crippen LogP contribution in [-0.4, -0.2) is 30.4 Å². The molecule has 0 aliphatic carbocycles. The van der Waals surface area contributed by atoms with Crippen molar-refractivity contribution in [3.05, 3.63) is 47.5 Å². The third kappa shape index (κ3) is 4.22. The predicted octanol–water partition coefficient (Wildman–Crippen LogP) is 4.52. The summed E-state index contributed by atoms with van der Waals surface area (Å²) in [6.07, 6.45) is 0. The van der Waals surface area contributed by atoms with E-state index in [1.807, 2.05) is 6.07 Å². The number of carbonyl (C=O) groups is 1. The maximum Gasteiger partial charge on any atom is 0.325 e. The molecular weight excluding hydrogens is 376 g/mol. The average molecular weight is 391 g/mol. The molecule has 0 bridgehead atoms. The van der Waals surface area contributed by atoms with Crippen LogP contribution >= 0.6 is 22.9 Å². The van der Waals surface area contributed by atoms with Gasteiger partial charge in [0.1, 0.15) is 5.01 Å². The average Bonchev–Trinajstić information content (AvgIpc) is 3.11. The summed E-state index contributed by atoms with van der Waals surface area (Å²) in [4.78, 5) is 12.0. The van der Waals surface area contributed by atoms with E-state index < -0.39 is 6.03 Å². The Balaban J connectivity index is 1.69. The Hall–Kier alpha value is -2.84. The number of anilines is 2. The Morgan fingerprint density at radius 3 is 2.42 bits per heavy atom. The Bertz CT molecular complexity index is 915. The van der Waals surface area contributed by atoms with Crippen LogP contribution in [0, 0.1) is 0 Å². The molecule has 1 heterocycles. The van der Waals surface area contributed by atoms with Gasteiger partial charge in [-0.05, 0) is 42.5 Å². The van der Waals surface area contributed by atoms with E-state index in [4.69, 9.17) is 21.1 Å². The second kappa shape index (κ2) is 8.03. The predicted molar refractivity (Wildman–Crippen MR) is 103 cm³/mol. The molecule has 1 aromatic heterocycles. The van der Waals surface area contributed by atoms with Crippen molar-refractivity contribution in [1.82, 2.24) is 10.2 Å². The molecule has 0 aliphatic heterocycles. The standard InChI is InChI=1S/C17H15ClN4O3S/c1-24-13-8-3-10(9-14(13)25-2)15-21-22-17(26-15)20-16(23)19-12-6-4-11(18)5-7-12/h3-9H,1-2H3,(H2,19,20,22,23). The fourth-order valence-electron chi connectivity index (χ4n) is 2.15. The van der Waals surface area contributed by atoms with Gasteiger partial charge in [-0.1, -0.05) is 22.9 Å². The number of ether oxygens (including phenoxy) is 2. The number of rotatable bonds is 5. The van der Waals surface area contributed by atoms with Gasteiger partial charge in [0.2, 0.25) is 5.13 Å². The summed E-state index contributed by atoms with van der Waals surface area (Å²) in [5, 5.41) is 15.1. The van der Waals surface area contributed by atoms with Crippen molar-refractivity contribution in [3.8, 4) is 22.1 Å². The molecule has 0 atom stereocenters. The van der Waals surface area contributed by atoms with Crippen LogP contribution in [0.1, 0.15) is 0 Å². The van der Waals surface area contributed by atoms with Crippen LogP contribution in [0.4, 0.5) is 15.6 Å². The summed E-state index contributed by atoms with van der Waals surface area (Å²) < 4.78 is 10.5. The molecule has 3 rings (SSSR count). The zero-order valence-corrected chi connectivity index (χ0v) is 15.5. The van der Waals surface area contributed by atoms with Crippen LogP contribution in [0.15, 0.2) is 42.5 Å². The monoisotopic (exact) mass is 390 g/mol. The quantitative estimate of drug-likeness (QED) is 0.669. The molecule has 0 fully saturated rings. The number of benzene rings is 2. The minimum Gasteiger partial charge on any atom is -0.493 e. The highest BCUT2D eigenvalue weighted by Gasteiger charge is 2.12. The minimum absolute atomic E-state index is 0.376. The van der Waals surface area contributed by atoms with E-state index in [-0.39, 0.29) is 0 Å². The summed E-state index contributed by atoms with van der Waals surface area (Å²) in [7, 11) is 3.14. The van der Waals surface area contributed by atoms with Crippen molar-refractivity contribution in [1.29, 1.82) is 0 Å². The summed E-state index contributed by atoms with van der Waals surface area (Å²) in [5.41, 5.74) is 1.43. The smallest absolute Gasteiger partial charge is 0.325 e. The molecule has 0 aliphatic rings. The van der Waals surface area contributed by atoms with E-state index in [0.717, 1.165) is 5.56 Å². The first-order chi connectivity index (χ1) is 12.6. The van der Waals surface area contributed by atoms with Crippen molar-refractivity contribution >= 4 is 39.8 Å². The molecule has 9 heteroatoms. The van der Waals surface area contributed by atoms with Crippen LogP contribution in [0.2, 0.25) is 5.02 Å². The highest BCUT2D eigenvalue weighted by atomic mass is 35.5. The molecule has 0 unspecified atom stereocenters. The van der Waals surface area contributed by atoms with Gasteiger partial charge in [-0.3, -0.25) is 5.32 Å². The normalized spacial score (nSPS) is 10.3. The number of nitrogens with one attached hydrogen (secondary N) is 2. The Morgan fingerprint density at radius 1 is 1.00 bits per heavy atom. The molecule has 26 heavy (non-hydrogen) atoms. The summed E-state index contributed by atoms with van der Waals surface area (Å²) in [6, 6.07) is 11.8. The fraction of sp³-hybridized carbons (Fsp3) is 0.118. The zero-order valence-electron chi connectivity index (χ0n) is 13.9. The SMILES string of the molecule is COc1ccc(-c2nnc(NC(=O)Nc3ccc(Cl)cc3)s2)cc1OC. The fourth-order valence-corrected chi connectivity index (χ4v) is 3.01. The van der Waals surface area contributed by atoms with Crippen molar-refractivity contribution in [2.75, 3.05) is 24.9 Å². The van der Waals surface area contributed by atoms with Gasteiger partial charge in [0.25, 0.3) is 0 Å². The zero-order chi connectivity index (χ0) is 18.5. The first-order valence-electron chi connectivity index (χ1n) is 7.48. The van der Waals surface area contributed by atoms with Gasteiger partial charge < -0.3 is 14.8 Å². The van der Waals surface area contributed by atoms with Crippen molar-refractivity contribution in [2.24, 2.45) is 0 Å². The van der Waals surface area contributed by atoms with Crippen molar-refractivity contribution < 1.29 is 14.3 Å². The lowest BCUT2D eigenvalue weighted by molar-refractivity contribution is 0.262. The third-order valence-electron chi connectivity index (χ3n) is 3.38. The molecule has 7 nitrogen and oxygen atoms in total. The number of hydrogen-bond acceptors (Lipinski definition) is 6. The molecule has 134 valence electrons. The number of aromatic nitrogens is 2. The lowest BCUT2D eigenvalue weighted by Gasteiger charge is -2.07. The lowest BCUT2D eigenvalue weighted by atomic mass is 10.2. The Labute approximate surface area is 158 Å². The van der Waals surface area contributed by atoms with Crippen molar-refractivity contribution in [2.45, 2.75) is 0 Å². The van der Waals surface area contributed by atoms with Gasteiger partial charge >= 0.3 is 6.03 Å². The molecule has 0 saturated heterocycles. The molecule has 0 spiro atoms. The maximum atomic E-state index is 12.0. The van der Waals surface area contributed by atoms with Crippen LogP contribution in [0.25, 0.3) is 10.6 Å². The van der Waals surface area contributed by atoms with Crippen molar-refractivity contribution in [3.63, 3.8) is 0 Å². The Morgan fingerprint density at radius 2 is 1.73 bits per heavy atom. The minimum atomic E-state index is -0.415. The van der Waals surface area contributed by atoms with Gasteiger partial charge in [-0.2, -0.15) is 0 Å². The molecule has 2 amide bonds. The van der Waals surface area contributed by atoms with Gasteiger partial charge in [0, 0.05) is 16.3 Å². The van der Waals surface area contributed by atoms with Crippen LogP contribution in [0.3, 0.4) is 0 Å². The molecule has 0 radical (unpaired) electrons. The number of hydrogen-bond donors (Lipinski definition) is 2. The van der Waals surface area contributed by atoms with E-state index in [0.29, 0.717) is 32.3 Å². The van der Waals surface area contributed by atoms with Crippen LogP contribution in [-0.2, 0) is 0 Å². The number of halogens is 1. The number of amides is 2. The summed E-state index contributed by atoms with van der Waals surface area (Å²) in [6.45, 7) is 0. The topological polar surface area (TPSA) is 85.4 Å². The maximum absolute atomic E-state index is 12.0.